The topological polar surface area (TPSA) is 102 Å². The van der Waals surface area contributed by atoms with Crippen molar-refractivity contribution in [2.24, 2.45) is 0 Å². The number of para-hydroxylation sites is 2. The number of amides is 1. The average molecular weight is 467 g/mol. The fourth-order valence-corrected chi connectivity index (χ4v) is 5.15. The van der Waals surface area contributed by atoms with Crippen LogP contribution >= 0.6 is 0 Å². The van der Waals surface area contributed by atoms with E-state index in [-0.39, 0.29) is 16.2 Å². The van der Waals surface area contributed by atoms with E-state index in [1.165, 1.54) is 29.6 Å². The van der Waals surface area contributed by atoms with Gasteiger partial charge in [0.05, 0.1) is 17.7 Å². The Hall–Kier alpha value is -3.85. The molecule has 1 amide bonds. The first-order valence-electron chi connectivity index (χ1n) is 10.2. The minimum absolute atomic E-state index is 0.0688. The summed E-state index contributed by atoms with van der Waals surface area (Å²) >= 11 is 0. The molecule has 0 radical (unpaired) electrons. The predicted octanol–water partition coefficient (Wildman–Crippen LogP) is 3.24. The molecule has 170 valence electrons. The first-order valence-corrected chi connectivity index (χ1v) is 11.6. The van der Waals surface area contributed by atoms with Crippen LogP contribution in [0, 0.1) is 0 Å². The molecule has 1 aliphatic rings. The Kier molecular flexibility index (Phi) is 6.32. The van der Waals surface area contributed by atoms with Crippen LogP contribution < -0.4 is 14.4 Å². The van der Waals surface area contributed by atoms with E-state index in [2.05, 4.69) is 5.32 Å². The number of hydrogen-bond acceptors (Lipinski definition) is 6. The number of sulfonamides is 1. The Balaban J connectivity index is 1.53. The monoisotopic (exact) mass is 466 g/mol. The number of nitrogens with zero attached hydrogens (tertiary/aromatic N) is 1. The number of nitrogens with one attached hydrogen (secondary N) is 1. The fraction of sp³-hybridized carbons (Fsp3) is 0.167. The molecule has 4 rings (SSSR count). The van der Waals surface area contributed by atoms with E-state index >= 15 is 0 Å². The van der Waals surface area contributed by atoms with Crippen LogP contribution in [0.15, 0.2) is 77.7 Å². The van der Waals surface area contributed by atoms with E-state index in [4.69, 9.17) is 9.47 Å². The third-order valence-corrected chi connectivity index (χ3v) is 7.02. The third-order valence-electron chi connectivity index (χ3n) is 5.22. The van der Waals surface area contributed by atoms with Gasteiger partial charge in [-0.05, 0) is 48.4 Å². The molecule has 0 fully saturated rings. The molecule has 8 nitrogen and oxygen atoms in total. The number of anilines is 2. The Morgan fingerprint density at radius 2 is 1.73 bits per heavy atom. The predicted molar refractivity (Wildman–Crippen MR) is 123 cm³/mol. The van der Waals surface area contributed by atoms with Gasteiger partial charge < -0.3 is 14.8 Å². The zero-order valence-electron chi connectivity index (χ0n) is 17.9. The summed E-state index contributed by atoms with van der Waals surface area (Å²) in [6.45, 7) is -0.222. The summed E-state index contributed by atoms with van der Waals surface area (Å²) in [7, 11) is -2.55. The van der Waals surface area contributed by atoms with Crippen LogP contribution in [0.5, 0.6) is 5.75 Å². The highest BCUT2D eigenvalue weighted by Crippen LogP contribution is 2.34. The summed E-state index contributed by atoms with van der Waals surface area (Å²) in [5, 5.41) is 2.61. The average Bonchev–Trinajstić information content (AvgIpc) is 3.28. The molecule has 9 heteroatoms. The lowest BCUT2D eigenvalue weighted by atomic mass is 10.2. The van der Waals surface area contributed by atoms with Gasteiger partial charge in [-0.15, -0.1) is 0 Å². The minimum atomic E-state index is -3.91. The van der Waals surface area contributed by atoms with Gasteiger partial charge in [-0.3, -0.25) is 9.10 Å². The molecule has 1 N–H and O–H groups in total. The second kappa shape index (κ2) is 9.33. The van der Waals surface area contributed by atoms with Crippen LogP contribution in [0.3, 0.4) is 0 Å². The Bertz CT molecular complexity index is 1290. The van der Waals surface area contributed by atoms with Crippen LogP contribution in [0.1, 0.15) is 15.9 Å². The Morgan fingerprint density at radius 1 is 1.00 bits per heavy atom. The highest BCUT2D eigenvalue weighted by molar-refractivity contribution is 7.92. The highest BCUT2D eigenvalue weighted by Gasteiger charge is 2.31. The second-order valence-corrected chi connectivity index (χ2v) is 9.17. The summed E-state index contributed by atoms with van der Waals surface area (Å²) < 4.78 is 38.3. The van der Waals surface area contributed by atoms with Crippen LogP contribution in [0.25, 0.3) is 0 Å². The molecule has 1 aliphatic heterocycles. The van der Waals surface area contributed by atoms with Crippen molar-refractivity contribution in [3.05, 3.63) is 83.9 Å². The normalized spacial score (nSPS) is 12.7. The second-order valence-electron chi connectivity index (χ2n) is 7.31. The number of rotatable bonds is 7. The standard InChI is InChI=1S/C24H22N2O6S/c1-31-22-12-11-19(33(29,30)26-14-13-17-7-5-6-10-21(17)26)15-20(22)24(28)32-16-23(27)25-18-8-3-2-4-9-18/h2-12,15H,13-14,16H2,1H3,(H,25,27). The van der Waals surface area contributed by atoms with Crippen LogP contribution in [-0.4, -0.2) is 40.6 Å². The largest absolute Gasteiger partial charge is 0.496 e. The third kappa shape index (κ3) is 4.68. The molecule has 0 aliphatic carbocycles. The minimum Gasteiger partial charge on any atom is -0.496 e. The lowest BCUT2D eigenvalue weighted by Crippen LogP contribution is -2.29. The number of ether oxygens (including phenoxy) is 2. The summed E-state index contributed by atoms with van der Waals surface area (Å²) in [5.41, 5.74) is 2.04. The first-order chi connectivity index (χ1) is 15.9. The molecule has 0 saturated heterocycles. The number of carbonyl (C=O) groups is 2. The van der Waals surface area contributed by atoms with E-state index in [9.17, 15) is 18.0 Å². The number of methoxy groups -OCH3 is 1. The summed E-state index contributed by atoms with van der Waals surface area (Å²) in [6, 6.07) is 20.0. The van der Waals surface area contributed by atoms with Gasteiger partial charge in [-0.2, -0.15) is 0 Å². The van der Waals surface area contributed by atoms with Crippen LogP contribution in [-0.2, 0) is 26.0 Å². The number of fused-ring (bicyclic) bond motifs is 1. The summed E-state index contributed by atoms with van der Waals surface area (Å²) in [6.07, 6.45) is 0.608. The van der Waals surface area contributed by atoms with Crippen LogP contribution in [0.4, 0.5) is 11.4 Å². The zero-order valence-corrected chi connectivity index (χ0v) is 18.7. The number of hydrogen-bond donors (Lipinski definition) is 1. The highest BCUT2D eigenvalue weighted by atomic mass is 32.2. The van der Waals surface area contributed by atoms with Crippen molar-refractivity contribution < 1.29 is 27.5 Å². The van der Waals surface area contributed by atoms with Crippen molar-refractivity contribution >= 4 is 33.3 Å². The number of benzene rings is 3. The molecule has 1 heterocycles. The Labute approximate surface area is 191 Å². The van der Waals surface area contributed by atoms with Gasteiger partial charge >= 0.3 is 5.97 Å². The molecule has 0 unspecified atom stereocenters. The van der Waals surface area contributed by atoms with E-state index in [0.29, 0.717) is 24.3 Å². The zero-order chi connectivity index (χ0) is 23.4. The van der Waals surface area contributed by atoms with Gasteiger partial charge in [0.2, 0.25) is 0 Å². The molecule has 3 aromatic carbocycles. The molecule has 0 saturated carbocycles. The van der Waals surface area contributed by atoms with Gasteiger partial charge in [0.1, 0.15) is 11.3 Å². The van der Waals surface area contributed by atoms with E-state index < -0.39 is 28.5 Å². The molecular formula is C24H22N2O6S. The molecule has 3 aromatic rings. The van der Waals surface area contributed by atoms with Crippen molar-refractivity contribution in [2.45, 2.75) is 11.3 Å². The summed E-state index contributed by atoms with van der Waals surface area (Å²) in [4.78, 5) is 24.7. The van der Waals surface area contributed by atoms with Gasteiger partial charge in [0, 0.05) is 12.2 Å². The summed E-state index contributed by atoms with van der Waals surface area (Å²) in [5.74, 6) is -1.25. The number of carbonyl (C=O) groups excluding carboxylic acids is 2. The van der Waals surface area contributed by atoms with Crippen molar-refractivity contribution in [3.8, 4) is 5.75 Å². The van der Waals surface area contributed by atoms with Crippen molar-refractivity contribution in [3.63, 3.8) is 0 Å². The maximum atomic E-state index is 13.3. The molecular weight excluding hydrogens is 444 g/mol. The smallest absolute Gasteiger partial charge is 0.342 e. The quantitative estimate of drug-likeness (QED) is 0.537. The maximum absolute atomic E-state index is 13.3. The SMILES string of the molecule is COc1ccc(S(=O)(=O)N2CCc3ccccc32)cc1C(=O)OCC(=O)Nc1ccccc1. The fourth-order valence-electron chi connectivity index (χ4n) is 3.62. The van der Waals surface area contributed by atoms with Gasteiger partial charge in [-0.25, -0.2) is 13.2 Å². The van der Waals surface area contributed by atoms with E-state index in [0.717, 1.165) is 5.56 Å². The van der Waals surface area contributed by atoms with E-state index in [1.807, 2.05) is 18.2 Å². The van der Waals surface area contributed by atoms with Gasteiger partial charge in [-0.1, -0.05) is 36.4 Å². The lowest BCUT2D eigenvalue weighted by molar-refractivity contribution is -0.119. The van der Waals surface area contributed by atoms with Crippen molar-refractivity contribution in [2.75, 3.05) is 29.9 Å². The van der Waals surface area contributed by atoms with Gasteiger partial charge in [0.25, 0.3) is 15.9 Å². The maximum Gasteiger partial charge on any atom is 0.342 e. The number of esters is 1. The lowest BCUT2D eigenvalue weighted by Gasteiger charge is -2.20. The molecule has 0 aromatic heterocycles. The van der Waals surface area contributed by atoms with Crippen molar-refractivity contribution in [1.82, 2.24) is 0 Å². The van der Waals surface area contributed by atoms with E-state index in [1.54, 1.807) is 36.4 Å². The molecule has 0 atom stereocenters. The van der Waals surface area contributed by atoms with Gasteiger partial charge in [0.15, 0.2) is 6.61 Å². The molecule has 0 spiro atoms. The molecule has 33 heavy (non-hydrogen) atoms. The first kappa shape index (κ1) is 22.3. The molecule has 0 bridgehead atoms. The van der Waals surface area contributed by atoms with Crippen molar-refractivity contribution in [1.29, 1.82) is 0 Å². The van der Waals surface area contributed by atoms with Crippen LogP contribution in [0.2, 0.25) is 0 Å². The Morgan fingerprint density at radius 3 is 2.48 bits per heavy atom.